The lowest BCUT2D eigenvalue weighted by Gasteiger charge is -2.36. The van der Waals surface area contributed by atoms with Gasteiger partial charge in [0.25, 0.3) is 0 Å². The zero-order chi connectivity index (χ0) is 13.0. The van der Waals surface area contributed by atoms with Crippen LogP contribution in [-0.4, -0.2) is 38.6 Å². The second-order valence-corrected chi connectivity index (χ2v) is 10.4. The molecule has 0 aliphatic rings. The Hall–Kier alpha value is -0.393. The minimum Gasteiger partial charge on any atom is -0.480 e. The zero-order valence-corrected chi connectivity index (χ0v) is 12.3. The molecule has 0 aliphatic carbocycles. The van der Waals surface area contributed by atoms with E-state index in [1.54, 1.807) is 6.92 Å². The second kappa shape index (κ2) is 5.79. The minimum atomic E-state index is -1.69. The van der Waals surface area contributed by atoms with Gasteiger partial charge in [0, 0.05) is 13.2 Å². The zero-order valence-electron chi connectivity index (χ0n) is 11.3. The first kappa shape index (κ1) is 15.6. The van der Waals surface area contributed by atoms with Gasteiger partial charge in [-0.3, -0.25) is 4.79 Å². The van der Waals surface area contributed by atoms with Crippen molar-refractivity contribution >= 4 is 14.3 Å². The summed E-state index contributed by atoms with van der Waals surface area (Å²) in [6.07, 6.45) is 0. The third-order valence-electron chi connectivity index (χ3n) is 3.19. The van der Waals surface area contributed by atoms with E-state index in [4.69, 9.17) is 9.53 Å². The van der Waals surface area contributed by atoms with Crippen LogP contribution in [0.5, 0.6) is 0 Å². The molecule has 16 heavy (non-hydrogen) atoms. The molecule has 0 aromatic rings. The molecule has 0 heterocycles. The number of carbonyl (C=O) groups is 1. The molecule has 0 unspecified atom stereocenters. The van der Waals surface area contributed by atoms with Crippen LogP contribution in [0.25, 0.3) is 0 Å². The van der Waals surface area contributed by atoms with Crippen molar-refractivity contribution in [2.45, 2.75) is 51.9 Å². The van der Waals surface area contributed by atoms with Gasteiger partial charge < -0.3 is 14.8 Å². The average molecular weight is 247 g/mol. The summed E-state index contributed by atoms with van der Waals surface area (Å²) in [5, 5.41) is 11.8. The molecule has 0 rings (SSSR count). The maximum absolute atomic E-state index is 10.6. The lowest BCUT2D eigenvalue weighted by atomic mass is 10.2. The molecule has 0 aromatic carbocycles. The van der Waals surface area contributed by atoms with Crippen molar-refractivity contribution < 1.29 is 14.3 Å². The topological polar surface area (TPSA) is 58.6 Å². The van der Waals surface area contributed by atoms with Gasteiger partial charge in [-0.25, -0.2) is 0 Å². The number of nitrogens with one attached hydrogen (secondary N) is 1. The fourth-order valence-electron chi connectivity index (χ4n) is 0.885. The number of rotatable bonds is 6. The summed E-state index contributed by atoms with van der Waals surface area (Å²) < 4.78 is 5.91. The molecule has 0 saturated carbocycles. The summed E-state index contributed by atoms with van der Waals surface area (Å²) in [5.41, 5.74) is 0. The highest BCUT2D eigenvalue weighted by atomic mass is 28.4. The van der Waals surface area contributed by atoms with Gasteiger partial charge in [0.2, 0.25) is 0 Å². The van der Waals surface area contributed by atoms with E-state index in [-0.39, 0.29) is 5.04 Å². The minimum absolute atomic E-state index is 0.200. The predicted octanol–water partition coefficient (Wildman–Crippen LogP) is 2.07. The summed E-state index contributed by atoms with van der Waals surface area (Å²) in [6.45, 7) is 13.7. The first-order valence-corrected chi connectivity index (χ1v) is 8.59. The number of carboxylic acids is 1. The monoisotopic (exact) mass is 247 g/mol. The molecule has 0 amide bonds. The quantitative estimate of drug-likeness (QED) is 0.557. The van der Waals surface area contributed by atoms with Crippen LogP contribution in [0, 0.1) is 0 Å². The van der Waals surface area contributed by atoms with Crippen LogP contribution in [0.3, 0.4) is 0 Å². The van der Waals surface area contributed by atoms with Crippen molar-refractivity contribution in [3.05, 3.63) is 0 Å². The summed E-state index contributed by atoms with van der Waals surface area (Å²) >= 11 is 0. The highest BCUT2D eigenvalue weighted by Gasteiger charge is 2.36. The number of hydrogen-bond donors (Lipinski definition) is 2. The van der Waals surface area contributed by atoms with E-state index in [1.165, 1.54) is 0 Å². The fraction of sp³-hybridized carbons (Fsp3) is 0.909. The van der Waals surface area contributed by atoms with E-state index < -0.39 is 20.3 Å². The lowest BCUT2D eigenvalue weighted by Crippen LogP contribution is -2.43. The molecule has 0 spiro atoms. The molecule has 4 nitrogen and oxygen atoms in total. The Kier molecular flexibility index (Phi) is 5.65. The molecule has 0 bridgehead atoms. The molecular weight excluding hydrogens is 222 g/mol. The Morgan fingerprint density at radius 1 is 1.44 bits per heavy atom. The maximum Gasteiger partial charge on any atom is 0.320 e. The van der Waals surface area contributed by atoms with Crippen LogP contribution < -0.4 is 5.32 Å². The van der Waals surface area contributed by atoms with Crippen LogP contribution in [0.4, 0.5) is 0 Å². The van der Waals surface area contributed by atoms with Crippen molar-refractivity contribution in [1.29, 1.82) is 0 Å². The van der Waals surface area contributed by atoms with Crippen LogP contribution in [-0.2, 0) is 9.22 Å². The van der Waals surface area contributed by atoms with E-state index in [0.717, 1.165) is 0 Å². The third-order valence-corrected chi connectivity index (χ3v) is 7.73. The van der Waals surface area contributed by atoms with Crippen molar-refractivity contribution in [3.8, 4) is 0 Å². The standard InChI is InChI=1S/C11H25NO3Si/c1-9(10(13)14)12-7-8-15-16(5,6)11(2,3)4/h9,12H,7-8H2,1-6H3,(H,13,14)/t9-/m0/s1. The van der Waals surface area contributed by atoms with Crippen molar-refractivity contribution in [2.24, 2.45) is 0 Å². The van der Waals surface area contributed by atoms with Gasteiger partial charge in [-0.05, 0) is 25.1 Å². The SMILES string of the molecule is C[C@H](NCCO[Si](C)(C)C(C)(C)C)C(=O)O. The molecule has 96 valence electrons. The molecule has 2 N–H and O–H groups in total. The maximum atomic E-state index is 10.6. The summed E-state index contributed by atoms with van der Waals surface area (Å²) in [6, 6.07) is -0.511. The fourth-order valence-corrected chi connectivity index (χ4v) is 1.93. The predicted molar refractivity (Wildman–Crippen MR) is 68.2 cm³/mol. The van der Waals surface area contributed by atoms with Crippen LogP contribution >= 0.6 is 0 Å². The van der Waals surface area contributed by atoms with Crippen molar-refractivity contribution in [2.75, 3.05) is 13.2 Å². The van der Waals surface area contributed by atoms with Crippen LogP contribution in [0.1, 0.15) is 27.7 Å². The van der Waals surface area contributed by atoms with Gasteiger partial charge in [-0.1, -0.05) is 20.8 Å². The van der Waals surface area contributed by atoms with Gasteiger partial charge in [0.05, 0.1) is 0 Å². The average Bonchev–Trinajstić information content (AvgIpc) is 2.09. The Bertz CT molecular complexity index is 236. The second-order valence-electron chi connectivity index (χ2n) is 5.62. The third kappa shape index (κ3) is 5.09. The van der Waals surface area contributed by atoms with Gasteiger partial charge in [-0.2, -0.15) is 0 Å². The molecule has 0 saturated heterocycles. The van der Waals surface area contributed by atoms with Gasteiger partial charge in [0.1, 0.15) is 6.04 Å². The summed E-state index contributed by atoms with van der Waals surface area (Å²) in [4.78, 5) is 10.6. The Labute approximate surface area is 99.5 Å². The van der Waals surface area contributed by atoms with E-state index in [2.05, 4.69) is 39.2 Å². The highest BCUT2D eigenvalue weighted by molar-refractivity contribution is 6.74. The first-order valence-electron chi connectivity index (χ1n) is 5.68. The van der Waals surface area contributed by atoms with Crippen LogP contribution in [0.15, 0.2) is 0 Å². The Morgan fingerprint density at radius 2 is 1.94 bits per heavy atom. The molecule has 5 heteroatoms. The van der Waals surface area contributed by atoms with Crippen molar-refractivity contribution in [3.63, 3.8) is 0 Å². The summed E-state index contributed by atoms with van der Waals surface area (Å²) in [5.74, 6) is -0.827. The first-order chi connectivity index (χ1) is 7.08. The Morgan fingerprint density at radius 3 is 2.31 bits per heavy atom. The van der Waals surface area contributed by atoms with E-state index in [9.17, 15) is 4.79 Å². The highest BCUT2D eigenvalue weighted by Crippen LogP contribution is 2.36. The van der Waals surface area contributed by atoms with Crippen molar-refractivity contribution in [1.82, 2.24) is 5.32 Å². The molecule has 0 aromatic heterocycles. The molecule has 0 fully saturated rings. The molecule has 0 aliphatic heterocycles. The van der Waals surface area contributed by atoms with E-state index >= 15 is 0 Å². The van der Waals surface area contributed by atoms with Gasteiger partial charge >= 0.3 is 5.97 Å². The number of aliphatic carboxylic acids is 1. The number of carboxylic acid groups (broad SMARTS) is 1. The van der Waals surface area contributed by atoms with E-state index in [0.29, 0.717) is 13.2 Å². The summed E-state index contributed by atoms with van der Waals surface area (Å²) in [7, 11) is -1.69. The number of hydrogen-bond acceptors (Lipinski definition) is 3. The normalized spacial score (nSPS) is 14.9. The lowest BCUT2D eigenvalue weighted by molar-refractivity contribution is -0.139. The van der Waals surface area contributed by atoms with E-state index in [1.807, 2.05) is 0 Å². The smallest absolute Gasteiger partial charge is 0.320 e. The Balaban J connectivity index is 3.87. The molecule has 1 atom stereocenters. The van der Waals surface area contributed by atoms with Crippen LogP contribution in [0.2, 0.25) is 18.1 Å². The largest absolute Gasteiger partial charge is 0.480 e. The van der Waals surface area contributed by atoms with Gasteiger partial charge in [0.15, 0.2) is 8.32 Å². The molecule has 0 radical (unpaired) electrons. The molecular formula is C11H25NO3Si. The van der Waals surface area contributed by atoms with Gasteiger partial charge in [-0.15, -0.1) is 0 Å².